The second-order valence-corrected chi connectivity index (χ2v) is 4.08. The van der Waals surface area contributed by atoms with E-state index >= 15 is 0 Å². The second-order valence-electron chi connectivity index (χ2n) is 4.08. The average Bonchev–Trinajstić information content (AvgIpc) is 2.50. The van der Waals surface area contributed by atoms with Gasteiger partial charge in [-0.3, -0.25) is 9.59 Å². The Morgan fingerprint density at radius 1 is 1.05 bits per heavy atom. The van der Waals surface area contributed by atoms with E-state index in [-0.39, 0.29) is 0 Å². The molecule has 0 aliphatic rings. The lowest BCUT2D eigenvalue weighted by atomic mass is 10.3. The minimum Gasteiger partial charge on any atom is -0.494 e. The van der Waals surface area contributed by atoms with Crippen molar-refractivity contribution in [2.45, 2.75) is 6.92 Å². The highest BCUT2D eigenvalue weighted by Gasteiger charge is 2.14. The van der Waals surface area contributed by atoms with Gasteiger partial charge in [0.2, 0.25) is 0 Å². The molecule has 6 nitrogen and oxygen atoms in total. The number of anilines is 2. The lowest BCUT2D eigenvalue weighted by Gasteiger charge is -2.07. The largest absolute Gasteiger partial charge is 0.494 e. The van der Waals surface area contributed by atoms with E-state index in [1.807, 2.05) is 6.92 Å². The molecule has 0 unspecified atom stereocenters. The fourth-order valence-electron chi connectivity index (χ4n) is 1.60. The van der Waals surface area contributed by atoms with E-state index in [1.54, 1.807) is 42.5 Å². The summed E-state index contributed by atoms with van der Waals surface area (Å²) in [6.45, 7) is 2.45. The maximum Gasteiger partial charge on any atom is 0.315 e. The average molecular weight is 285 g/mol. The molecule has 0 saturated carbocycles. The van der Waals surface area contributed by atoms with Crippen molar-refractivity contribution in [3.8, 4) is 5.75 Å². The maximum atomic E-state index is 11.7. The summed E-state index contributed by atoms with van der Waals surface area (Å²) in [6.07, 6.45) is 1.53. The van der Waals surface area contributed by atoms with E-state index in [0.29, 0.717) is 23.9 Å². The number of hydrogen-bond acceptors (Lipinski definition) is 4. The van der Waals surface area contributed by atoms with E-state index in [4.69, 9.17) is 4.74 Å². The molecule has 2 amide bonds. The van der Waals surface area contributed by atoms with Gasteiger partial charge < -0.3 is 15.4 Å². The van der Waals surface area contributed by atoms with Gasteiger partial charge in [-0.25, -0.2) is 4.98 Å². The first-order valence-electron chi connectivity index (χ1n) is 6.45. The van der Waals surface area contributed by atoms with E-state index in [0.717, 1.165) is 0 Å². The predicted octanol–water partition coefficient (Wildman–Crippen LogP) is 2.06. The SMILES string of the molecule is CCOc1ccc(NC(=O)C(=O)Nc2ccccn2)cc1. The molecule has 2 N–H and O–H groups in total. The molecule has 0 radical (unpaired) electrons. The molecule has 21 heavy (non-hydrogen) atoms. The molecule has 1 heterocycles. The summed E-state index contributed by atoms with van der Waals surface area (Å²) in [5.74, 6) is -0.509. The molecular weight excluding hydrogens is 270 g/mol. The van der Waals surface area contributed by atoms with Gasteiger partial charge in [0.25, 0.3) is 0 Å². The maximum absolute atomic E-state index is 11.7. The molecule has 0 saturated heterocycles. The van der Waals surface area contributed by atoms with Crippen LogP contribution in [-0.4, -0.2) is 23.4 Å². The van der Waals surface area contributed by atoms with Crippen molar-refractivity contribution in [3.05, 3.63) is 48.7 Å². The van der Waals surface area contributed by atoms with Crippen LogP contribution in [0.1, 0.15) is 6.92 Å². The first kappa shape index (κ1) is 14.5. The molecule has 0 fully saturated rings. The Labute approximate surface area is 122 Å². The van der Waals surface area contributed by atoms with Gasteiger partial charge in [-0.15, -0.1) is 0 Å². The number of nitrogens with zero attached hydrogens (tertiary/aromatic N) is 1. The van der Waals surface area contributed by atoms with Crippen molar-refractivity contribution < 1.29 is 14.3 Å². The quantitative estimate of drug-likeness (QED) is 0.843. The molecule has 0 aliphatic heterocycles. The summed E-state index contributed by atoms with van der Waals surface area (Å²) in [5.41, 5.74) is 0.514. The minimum atomic E-state index is -0.775. The molecule has 0 aliphatic carbocycles. The van der Waals surface area contributed by atoms with Gasteiger partial charge in [0.15, 0.2) is 0 Å². The lowest BCUT2D eigenvalue weighted by Crippen LogP contribution is -2.29. The monoisotopic (exact) mass is 285 g/mol. The van der Waals surface area contributed by atoms with Crippen LogP contribution < -0.4 is 15.4 Å². The third-order valence-corrected chi connectivity index (χ3v) is 2.54. The van der Waals surface area contributed by atoms with Crippen LogP contribution in [-0.2, 0) is 9.59 Å². The van der Waals surface area contributed by atoms with Gasteiger partial charge in [0.05, 0.1) is 6.61 Å². The van der Waals surface area contributed by atoms with Gasteiger partial charge in [-0.05, 0) is 43.3 Å². The van der Waals surface area contributed by atoms with Gasteiger partial charge in [-0.1, -0.05) is 6.07 Å². The Hall–Kier alpha value is -2.89. The summed E-state index contributed by atoms with van der Waals surface area (Å²) in [7, 11) is 0. The van der Waals surface area contributed by atoms with E-state index in [9.17, 15) is 9.59 Å². The fraction of sp³-hybridized carbons (Fsp3) is 0.133. The molecule has 108 valence electrons. The summed E-state index contributed by atoms with van der Waals surface area (Å²) in [6, 6.07) is 11.8. The van der Waals surface area contributed by atoms with Crippen LogP contribution in [0.3, 0.4) is 0 Å². The van der Waals surface area contributed by atoms with Gasteiger partial charge in [0, 0.05) is 11.9 Å². The van der Waals surface area contributed by atoms with Crippen LogP contribution in [0.2, 0.25) is 0 Å². The molecule has 1 aromatic carbocycles. The number of carbonyl (C=O) groups is 2. The zero-order chi connectivity index (χ0) is 15.1. The van der Waals surface area contributed by atoms with Crippen LogP contribution in [0.25, 0.3) is 0 Å². The minimum absolute atomic E-state index is 0.323. The third-order valence-electron chi connectivity index (χ3n) is 2.54. The molecule has 6 heteroatoms. The zero-order valence-electron chi connectivity index (χ0n) is 11.5. The van der Waals surface area contributed by atoms with E-state index in [2.05, 4.69) is 15.6 Å². The molecule has 1 aromatic heterocycles. The summed E-state index contributed by atoms with van der Waals surface area (Å²) >= 11 is 0. The molecular formula is C15H15N3O3. The van der Waals surface area contributed by atoms with Crippen molar-refractivity contribution >= 4 is 23.3 Å². The summed E-state index contributed by atoms with van der Waals surface area (Å²) in [5, 5.41) is 4.90. The number of aromatic nitrogens is 1. The number of hydrogen-bond donors (Lipinski definition) is 2. The van der Waals surface area contributed by atoms with Crippen molar-refractivity contribution in [2.24, 2.45) is 0 Å². The normalized spacial score (nSPS) is 9.76. The third kappa shape index (κ3) is 4.31. The number of benzene rings is 1. The Bertz CT molecular complexity index is 612. The van der Waals surface area contributed by atoms with Crippen LogP contribution in [0.5, 0.6) is 5.75 Å². The topological polar surface area (TPSA) is 80.3 Å². The lowest BCUT2D eigenvalue weighted by molar-refractivity contribution is -0.133. The first-order chi connectivity index (χ1) is 10.2. The Balaban J connectivity index is 1.92. The van der Waals surface area contributed by atoms with Crippen LogP contribution >= 0.6 is 0 Å². The molecule has 2 aromatic rings. The number of pyridine rings is 1. The van der Waals surface area contributed by atoms with Gasteiger partial charge in [-0.2, -0.15) is 0 Å². The highest BCUT2D eigenvalue weighted by atomic mass is 16.5. The van der Waals surface area contributed by atoms with Crippen molar-refractivity contribution in [2.75, 3.05) is 17.2 Å². The van der Waals surface area contributed by atoms with Crippen molar-refractivity contribution in [1.29, 1.82) is 0 Å². The van der Waals surface area contributed by atoms with Crippen molar-refractivity contribution in [3.63, 3.8) is 0 Å². The Morgan fingerprint density at radius 2 is 1.76 bits per heavy atom. The molecule has 0 bridgehead atoms. The molecule has 0 atom stereocenters. The van der Waals surface area contributed by atoms with E-state index < -0.39 is 11.8 Å². The molecule has 2 rings (SSSR count). The molecule has 0 spiro atoms. The van der Waals surface area contributed by atoms with Gasteiger partial charge in [0.1, 0.15) is 11.6 Å². The summed E-state index contributed by atoms with van der Waals surface area (Å²) in [4.78, 5) is 27.4. The highest BCUT2D eigenvalue weighted by Crippen LogP contribution is 2.15. The fourth-order valence-corrected chi connectivity index (χ4v) is 1.60. The smallest absolute Gasteiger partial charge is 0.315 e. The Kier molecular flexibility index (Phi) is 4.87. The standard InChI is InChI=1S/C15H15N3O3/c1-2-21-12-8-6-11(7-9-12)17-14(19)15(20)18-13-5-3-4-10-16-13/h3-10H,2H2,1H3,(H,17,19)(H,16,18,20). The highest BCUT2D eigenvalue weighted by molar-refractivity contribution is 6.43. The first-order valence-corrected chi connectivity index (χ1v) is 6.45. The number of amides is 2. The number of rotatable bonds is 4. The predicted molar refractivity (Wildman–Crippen MR) is 79.1 cm³/mol. The van der Waals surface area contributed by atoms with Crippen molar-refractivity contribution in [1.82, 2.24) is 4.98 Å². The van der Waals surface area contributed by atoms with Crippen LogP contribution in [0, 0.1) is 0 Å². The van der Waals surface area contributed by atoms with E-state index in [1.165, 1.54) is 6.20 Å². The number of carbonyl (C=O) groups excluding carboxylic acids is 2. The number of ether oxygens (including phenoxy) is 1. The second kappa shape index (κ2) is 7.04. The van der Waals surface area contributed by atoms with Gasteiger partial charge >= 0.3 is 11.8 Å². The zero-order valence-corrected chi connectivity index (χ0v) is 11.5. The summed E-state index contributed by atoms with van der Waals surface area (Å²) < 4.78 is 5.29. The van der Waals surface area contributed by atoms with Crippen LogP contribution in [0.4, 0.5) is 11.5 Å². The Morgan fingerprint density at radius 3 is 2.38 bits per heavy atom. The van der Waals surface area contributed by atoms with Crippen LogP contribution in [0.15, 0.2) is 48.7 Å². The number of nitrogens with one attached hydrogen (secondary N) is 2.